The van der Waals surface area contributed by atoms with Crippen molar-refractivity contribution in [3.8, 4) is 0 Å². The van der Waals surface area contributed by atoms with Crippen LogP contribution in [0.15, 0.2) is 23.1 Å². The van der Waals surface area contributed by atoms with Crippen LogP contribution in [0.3, 0.4) is 0 Å². The van der Waals surface area contributed by atoms with Crippen LogP contribution in [0.5, 0.6) is 0 Å². The van der Waals surface area contributed by atoms with E-state index in [0.29, 0.717) is 6.42 Å². The topological polar surface area (TPSA) is 84.5 Å². The van der Waals surface area contributed by atoms with Crippen molar-refractivity contribution in [2.45, 2.75) is 45.1 Å². The first-order chi connectivity index (χ1) is 11.2. The second-order valence-electron chi connectivity index (χ2n) is 5.95. The molecule has 0 bridgehead atoms. The number of nitrogens with one attached hydrogen (secondary N) is 2. The second-order valence-corrected chi connectivity index (χ2v) is 7.72. The highest BCUT2D eigenvalue weighted by Gasteiger charge is 2.20. The van der Waals surface area contributed by atoms with E-state index in [1.165, 1.54) is 19.1 Å². The number of alkyl carbamates (subject to hydrolysis) is 1. The molecule has 1 amide bonds. The molecular weight excluding hydrogens is 335 g/mol. The third-order valence-electron chi connectivity index (χ3n) is 3.31. The van der Waals surface area contributed by atoms with E-state index < -0.39 is 28.0 Å². The van der Waals surface area contributed by atoms with E-state index in [9.17, 15) is 17.6 Å². The van der Waals surface area contributed by atoms with E-state index in [1.54, 1.807) is 6.92 Å². The van der Waals surface area contributed by atoms with Crippen molar-refractivity contribution >= 4 is 16.1 Å². The fourth-order valence-electron chi connectivity index (χ4n) is 2.18. The summed E-state index contributed by atoms with van der Waals surface area (Å²) in [5.74, 6) is -0.204. The minimum atomic E-state index is -3.79. The van der Waals surface area contributed by atoms with E-state index in [1.807, 2.05) is 13.8 Å². The predicted molar refractivity (Wildman–Crippen MR) is 89.7 cm³/mol. The Kier molecular flexibility index (Phi) is 7.62. The number of carbonyl (C=O) groups excluding carboxylic acids is 1. The van der Waals surface area contributed by atoms with Gasteiger partial charge in [-0.3, -0.25) is 0 Å². The zero-order valence-electron chi connectivity index (χ0n) is 14.4. The van der Waals surface area contributed by atoms with Crippen molar-refractivity contribution in [2.75, 3.05) is 13.2 Å². The van der Waals surface area contributed by atoms with Crippen LogP contribution >= 0.6 is 0 Å². The number of amides is 1. The van der Waals surface area contributed by atoms with Crippen LogP contribution in [0.1, 0.15) is 32.8 Å². The molecule has 0 radical (unpaired) electrons. The monoisotopic (exact) mass is 360 g/mol. The Hall–Kier alpha value is -1.67. The van der Waals surface area contributed by atoms with Gasteiger partial charge in [-0.1, -0.05) is 13.8 Å². The van der Waals surface area contributed by atoms with Crippen molar-refractivity contribution in [1.82, 2.24) is 10.0 Å². The molecule has 24 heavy (non-hydrogen) atoms. The van der Waals surface area contributed by atoms with Crippen molar-refractivity contribution in [3.63, 3.8) is 0 Å². The number of sulfonamides is 1. The van der Waals surface area contributed by atoms with Crippen LogP contribution in [-0.4, -0.2) is 33.7 Å². The average molecular weight is 360 g/mol. The summed E-state index contributed by atoms with van der Waals surface area (Å²) in [6.45, 7) is 7.39. The number of hydrogen-bond acceptors (Lipinski definition) is 4. The maximum absolute atomic E-state index is 13.3. The Morgan fingerprint density at radius 1 is 1.33 bits per heavy atom. The lowest BCUT2D eigenvalue weighted by Crippen LogP contribution is -2.44. The highest BCUT2D eigenvalue weighted by atomic mass is 32.2. The van der Waals surface area contributed by atoms with E-state index >= 15 is 0 Å². The van der Waals surface area contributed by atoms with E-state index in [4.69, 9.17) is 4.74 Å². The second kappa shape index (κ2) is 8.98. The van der Waals surface area contributed by atoms with Gasteiger partial charge in [0.25, 0.3) is 0 Å². The molecule has 0 saturated carbocycles. The Balaban J connectivity index is 2.79. The molecule has 1 aromatic rings. The Bertz CT molecular complexity index is 662. The maximum atomic E-state index is 13.3. The number of carbonyl (C=O) groups is 1. The summed E-state index contributed by atoms with van der Waals surface area (Å²) >= 11 is 0. The first kappa shape index (κ1) is 20.4. The van der Waals surface area contributed by atoms with Gasteiger partial charge >= 0.3 is 6.09 Å². The van der Waals surface area contributed by atoms with Gasteiger partial charge in [-0.2, -0.15) is 0 Å². The van der Waals surface area contributed by atoms with Crippen LogP contribution in [0.4, 0.5) is 9.18 Å². The molecule has 1 aromatic carbocycles. The number of benzene rings is 1. The average Bonchev–Trinajstić information content (AvgIpc) is 2.47. The molecule has 1 rings (SSSR count). The maximum Gasteiger partial charge on any atom is 0.407 e. The Morgan fingerprint density at radius 2 is 2.00 bits per heavy atom. The van der Waals surface area contributed by atoms with Crippen molar-refractivity contribution in [3.05, 3.63) is 29.6 Å². The largest absolute Gasteiger partial charge is 0.450 e. The summed E-state index contributed by atoms with van der Waals surface area (Å²) in [6.07, 6.45) is 0.00373. The molecule has 0 saturated heterocycles. The molecule has 1 unspecified atom stereocenters. The highest BCUT2D eigenvalue weighted by Crippen LogP contribution is 2.14. The van der Waals surface area contributed by atoms with Crippen LogP contribution in [0.25, 0.3) is 0 Å². The lowest BCUT2D eigenvalue weighted by atomic mass is 10.0. The third-order valence-corrected chi connectivity index (χ3v) is 4.73. The SMILES string of the molecule is CCOC(=O)NC(CNS(=O)(=O)c1ccc(F)c(C)c1)CC(C)C. The summed E-state index contributed by atoms with van der Waals surface area (Å²) in [4.78, 5) is 11.5. The zero-order chi connectivity index (χ0) is 18.3. The molecule has 0 heterocycles. The van der Waals surface area contributed by atoms with Gasteiger partial charge in [0, 0.05) is 12.6 Å². The molecule has 0 aliphatic rings. The minimum absolute atomic E-state index is 0.0131. The Morgan fingerprint density at radius 3 is 2.54 bits per heavy atom. The fraction of sp³-hybridized carbons (Fsp3) is 0.562. The van der Waals surface area contributed by atoms with Gasteiger partial charge in [-0.15, -0.1) is 0 Å². The van der Waals surface area contributed by atoms with E-state index in [2.05, 4.69) is 10.0 Å². The molecule has 0 aromatic heterocycles. The number of hydrogen-bond donors (Lipinski definition) is 2. The smallest absolute Gasteiger partial charge is 0.407 e. The van der Waals surface area contributed by atoms with Gasteiger partial charge in [0.2, 0.25) is 10.0 Å². The van der Waals surface area contributed by atoms with Crippen molar-refractivity contribution in [1.29, 1.82) is 0 Å². The van der Waals surface area contributed by atoms with Crippen LogP contribution < -0.4 is 10.0 Å². The number of rotatable bonds is 8. The first-order valence-electron chi connectivity index (χ1n) is 7.84. The van der Waals surface area contributed by atoms with Crippen molar-refractivity contribution < 1.29 is 22.3 Å². The van der Waals surface area contributed by atoms with Gasteiger partial charge in [0.1, 0.15) is 5.82 Å². The normalized spacial score (nSPS) is 12.9. The zero-order valence-corrected chi connectivity index (χ0v) is 15.2. The first-order valence-corrected chi connectivity index (χ1v) is 9.33. The Labute approximate surface area is 142 Å². The standard InChI is InChI=1S/C16H25FN2O4S/c1-5-23-16(20)19-13(8-11(2)3)10-18-24(21,22)14-6-7-15(17)12(4)9-14/h6-7,9,11,13,18H,5,8,10H2,1-4H3,(H,19,20). The molecule has 0 aliphatic heterocycles. The quantitative estimate of drug-likeness (QED) is 0.746. The summed E-state index contributed by atoms with van der Waals surface area (Å²) in [6, 6.07) is 3.20. The lowest BCUT2D eigenvalue weighted by Gasteiger charge is -2.20. The van der Waals surface area contributed by atoms with E-state index in [-0.39, 0.29) is 29.5 Å². The third kappa shape index (κ3) is 6.45. The summed E-state index contributed by atoms with van der Waals surface area (Å²) in [7, 11) is -3.79. The van der Waals surface area contributed by atoms with Gasteiger partial charge in [0.05, 0.1) is 11.5 Å². The predicted octanol–water partition coefficient (Wildman–Crippen LogP) is 2.57. The molecule has 8 heteroatoms. The summed E-state index contributed by atoms with van der Waals surface area (Å²) in [5, 5.41) is 2.65. The van der Waals surface area contributed by atoms with Gasteiger partial charge < -0.3 is 10.1 Å². The molecule has 0 aliphatic carbocycles. The summed E-state index contributed by atoms with van der Waals surface area (Å²) < 4.78 is 45.2. The number of halogens is 1. The van der Waals surface area contributed by atoms with Gasteiger partial charge in [-0.05, 0) is 49.9 Å². The number of aryl methyl sites for hydroxylation is 1. The highest BCUT2D eigenvalue weighted by molar-refractivity contribution is 7.89. The number of ether oxygens (including phenoxy) is 1. The molecule has 136 valence electrons. The molecule has 6 nitrogen and oxygen atoms in total. The van der Waals surface area contributed by atoms with Crippen LogP contribution in [-0.2, 0) is 14.8 Å². The fourth-order valence-corrected chi connectivity index (χ4v) is 3.35. The van der Waals surface area contributed by atoms with Crippen LogP contribution in [0.2, 0.25) is 0 Å². The van der Waals surface area contributed by atoms with Gasteiger partial charge in [0.15, 0.2) is 0 Å². The minimum Gasteiger partial charge on any atom is -0.450 e. The molecule has 0 spiro atoms. The summed E-state index contributed by atoms with van der Waals surface area (Å²) in [5.41, 5.74) is 0.251. The molecule has 2 N–H and O–H groups in total. The molecule has 1 atom stereocenters. The van der Waals surface area contributed by atoms with E-state index in [0.717, 1.165) is 6.07 Å². The van der Waals surface area contributed by atoms with Crippen molar-refractivity contribution in [2.24, 2.45) is 5.92 Å². The molecular formula is C16H25FN2O4S. The van der Waals surface area contributed by atoms with Crippen LogP contribution in [0, 0.1) is 18.7 Å². The van der Waals surface area contributed by atoms with Gasteiger partial charge in [-0.25, -0.2) is 22.3 Å². The molecule has 0 fully saturated rings. The lowest BCUT2D eigenvalue weighted by molar-refractivity contribution is 0.146.